The van der Waals surface area contributed by atoms with E-state index in [1.165, 1.54) is 11.1 Å². The van der Waals surface area contributed by atoms with Gasteiger partial charge in [-0.15, -0.1) is 0 Å². The molecule has 206 valence electrons. The molecule has 0 aromatic heterocycles. The summed E-state index contributed by atoms with van der Waals surface area (Å²) >= 11 is 0. The lowest BCUT2D eigenvalue weighted by Crippen LogP contribution is -2.32. The molecule has 0 saturated heterocycles. The first-order valence-corrected chi connectivity index (χ1v) is 13.8. The Morgan fingerprint density at radius 2 is 1.76 bits per heavy atom. The number of hydrogen-bond acceptors (Lipinski definition) is 4. The molecule has 4 heteroatoms. The van der Waals surface area contributed by atoms with Gasteiger partial charge < -0.3 is 15.5 Å². The van der Waals surface area contributed by atoms with Crippen LogP contribution in [-0.2, 0) is 0 Å². The summed E-state index contributed by atoms with van der Waals surface area (Å²) in [5, 5.41) is 7.03. The van der Waals surface area contributed by atoms with E-state index in [4.69, 9.17) is 4.99 Å². The van der Waals surface area contributed by atoms with Crippen LogP contribution in [0.5, 0.6) is 0 Å². The Labute approximate surface area is 229 Å². The fourth-order valence-electron chi connectivity index (χ4n) is 3.77. The molecule has 0 saturated carbocycles. The third-order valence-electron chi connectivity index (χ3n) is 5.43. The average molecular weight is 507 g/mol. The Hall–Kier alpha value is -2.85. The van der Waals surface area contributed by atoms with Crippen LogP contribution in [0.15, 0.2) is 83.7 Å². The Kier molecular flexibility index (Phi) is 17.0. The molecule has 1 heterocycles. The Morgan fingerprint density at radius 1 is 1.14 bits per heavy atom. The Balaban J connectivity index is 0.00000308. The van der Waals surface area contributed by atoms with E-state index in [9.17, 15) is 0 Å². The van der Waals surface area contributed by atoms with Crippen LogP contribution in [0.25, 0.3) is 5.70 Å². The van der Waals surface area contributed by atoms with Crippen molar-refractivity contribution in [1.82, 2.24) is 15.5 Å². The van der Waals surface area contributed by atoms with Crippen LogP contribution in [0.2, 0.25) is 0 Å². The second-order valence-electron chi connectivity index (χ2n) is 9.83. The molecule has 1 aromatic rings. The quantitative estimate of drug-likeness (QED) is 0.250. The average Bonchev–Trinajstić information content (AvgIpc) is 2.89. The fraction of sp³-hybridized carbons (Fsp3) is 0.485. The van der Waals surface area contributed by atoms with Crippen molar-refractivity contribution in [2.24, 2.45) is 10.4 Å². The minimum atomic E-state index is -0.0261. The highest BCUT2D eigenvalue weighted by molar-refractivity contribution is 5.93. The van der Waals surface area contributed by atoms with Crippen molar-refractivity contribution in [2.75, 3.05) is 26.7 Å². The Morgan fingerprint density at radius 3 is 2.24 bits per heavy atom. The van der Waals surface area contributed by atoms with Gasteiger partial charge in [-0.3, -0.25) is 4.99 Å². The van der Waals surface area contributed by atoms with Gasteiger partial charge in [-0.05, 0) is 49.5 Å². The molecular weight excluding hydrogens is 452 g/mol. The first-order valence-electron chi connectivity index (χ1n) is 13.8. The second-order valence-corrected chi connectivity index (χ2v) is 9.83. The molecule has 2 N–H and O–H groups in total. The molecule has 2 rings (SSSR count). The monoisotopic (exact) mass is 506 g/mol. The highest BCUT2D eigenvalue weighted by Gasteiger charge is 2.21. The molecule has 0 radical (unpaired) electrons. The van der Waals surface area contributed by atoms with Crippen molar-refractivity contribution >= 4 is 11.4 Å². The van der Waals surface area contributed by atoms with Crippen molar-refractivity contribution in [3.05, 3.63) is 89.8 Å². The molecule has 0 bridgehead atoms. The number of rotatable bonds is 10. The smallest absolute Gasteiger partial charge is 0.0895 e. The maximum atomic E-state index is 4.97. The highest BCUT2D eigenvalue weighted by Crippen LogP contribution is 2.26. The number of hydrogen-bond donors (Lipinski definition) is 2. The lowest BCUT2D eigenvalue weighted by atomic mass is 9.97. The maximum Gasteiger partial charge on any atom is 0.0895 e. The summed E-state index contributed by atoms with van der Waals surface area (Å²) in [6.45, 7) is 27.5. The van der Waals surface area contributed by atoms with Gasteiger partial charge in [0, 0.05) is 38.6 Å². The maximum absolute atomic E-state index is 4.97. The number of aliphatic imine (C=N–C) groups is 1. The molecule has 0 spiro atoms. The van der Waals surface area contributed by atoms with Crippen molar-refractivity contribution in [1.29, 1.82) is 0 Å². The summed E-state index contributed by atoms with van der Waals surface area (Å²) < 4.78 is 0. The molecule has 1 aliphatic rings. The van der Waals surface area contributed by atoms with Gasteiger partial charge in [-0.2, -0.15) is 0 Å². The largest absolute Gasteiger partial charge is 0.386 e. The van der Waals surface area contributed by atoms with E-state index >= 15 is 0 Å². The van der Waals surface area contributed by atoms with E-state index in [0.29, 0.717) is 0 Å². The molecule has 1 aromatic carbocycles. The molecule has 0 amide bonds. The van der Waals surface area contributed by atoms with Crippen LogP contribution in [-0.4, -0.2) is 43.3 Å². The van der Waals surface area contributed by atoms with Gasteiger partial charge in [0.1, 0.15) is 0 Å². The summed E-state index contributed by atoms with van der Waals surface area (Å²) in [6, 6.07) is 8.63. The van der Waals surface area contributed by atoms with Crippen LogP contribution in [0.1, 0.15) is 73.4 Å². The minimum absolute atomic E-state index is 0.0261. The third-order valence-corrected chi connectivity index (χ3v) is 5.43. The number of nitrogens with one attached hydrogen (secondary N) is 2. The van der Waals surface area contributed by atoms with E-state index in [-0.39, 0.29) is 11.5 Å². The standard InChI is InChI=1S/C29H42N4.2C2H6/c1-9-10-11-23(3)32-24(4)28(27(30-8)26-14-12-22(2)13-15-26)33-18-16-25(17-19-33)20-31-21-29(5,6)7;2*1-2/h9-18,24,30-31H,1,19-21H2,2-8H3;2*1-2H3/b11-10-,28-27-,32-23?;;. The van der Waals surface area contributed by atoms with Crippen molar-refractivity contribution in [2.45, 2.75) is 75.3 Å². The van der Waals surface area contributed by atoms with Crippen molar-refractivity contribution < 1.29 is 0 Å². The zero-order valence-electron chi connectivity index (χ0n) is 25.6. The van der Waals surface area contributed by atoms with Gasteiger partial charge in [0.25, 0.3) is 0 Å². The molecule has 1 unspecified atom stereocenters. The van der Waals surface area contributed by atoms with Crippen LogP contribution in [0.4, 0.5) is 0 Å². The predicted octanol–water partition coefficient (Wildman–Crippen LogP) is 7.92. The minimum Gasteiger partial charge on any atom is -0.386 e. The first-order chi connectivity index (χ1) is 17.6. The first kappa shape index (κ1) is 34.1. The van der Waals surface area contributed by atoms with Gasteiger partial charge in [-0.25, -0.2) is 0 Å². The normalized spacial score (nSPS) is 15.1. The SMILES string of the molecule is C=C/C=C\C(C)=NC(C)/C(=C(/NC)c1ccc(C)cc1)N1C=CC(CNCC(C)(C)C)=CC1.CC.CC. The molecule has 37 heavy (non-hydrogen) atoms. The second kappa shape index (κ2) is 18.4. The summed E-state index contributed by atoms with van der Waals surface area (Å²) in [4.78, 5) is 7.28. The Bertz CT molecular complexity index is 938. The number of allylic oxidation sites excluding steroid dienone is 3. The number of aryl methyl sites for hydroxylation is 1. The molecule has 0 aliphatic carbocycles. The van der Waals surface area contributed by atoms with Crippen molar-refractivity contribution in [3.8, 4) is 0 Å². The van der Waals surface area contributed by atoms with Crippen LogP contribution >= 0.6 is 0 Å². The van der Waals surface area contributed by atoms with Gasteiger partial charge >= 0.3 is 0 Å². The molecule has 1 atom stereocenters. The number of nitrogens with zero attached hydrogens (tertiary/aromatic N) is 2. The van der Waals surface area contributed by atoms with Gasteiger partial charge in [0.2, 0.25) is 0 Å². The summed E-state index contributed by atoms with van der Waals surface area (Å²) in [5.41, 5.74) is 7.23. The molecule has 0 fully saturated rings. The summed E-state index contributed by atoms with van der Waals surface area (Å²) in [5.74, 6) is 0. The van der Waals surface area contributed by atoms with E-state index < -0.39 is 0 Å². The molecule has 4 nitrogen and oxygen atoms in total. The zero-order chi connectivity index (χ0) is 28.4. The highest BCUT2D eigenvalue weighted by atomic mass is 15.2. The van der Waals surface area contributed by atoms with E-state index in [2.05, 4.69) is 99.3 Å². The van der Waals surface area contributed by atoms with Gasteiger partial charge in [0.05, 0.1) is 17.4 Å². The summed E-state index contributed by atoms with van der Waals surface area (Å²) in [7, 11) is 1.99. The van der Waals surface area contributed by atoms with Crippen LogP contribution in [0, 0.1) is 12.3 Å². The number of benzene rings is 1. The van der Waals surface area contributed by atoms with Gasteiger partial charge in [-0.1, -0.05) is 103 Å². The lowest BCUT2D eigenvalue weighted by Gasteiger charge is -2.31. The lowest BCUT2D eigenvalue weighted by molar-refractivity contribution is 0.386. The third kappa shape index (κ3) is 12.8. The van der Waals surface area contributed by atoms with Crippen LogP contribution in [0.3, 0.4) is 0 Å². The molecule has 1 aliphatic heterocycles. The van der Waals surface area contributed by atoms with Crippen LogP contribution < -0.4 is 10.6 Å². The van der Waals surface area contributed by atoms with E-state index in [1.807, 2.05) is 53.8 Å². The van der Waals surface area contributed by atoms with Crippen molar-refractivity contribution in [3.63, 3.8) is 0 Å². The zero-order valence-corrected chi connectivity index (χ0v) is 25.6. The fourth-order valence-corrected chi connectivity index (χ4v) is 3.77. The predicted molar refractivity (Wildman–Crippen MR) is 168 cm³/mol. The molecular formula is C33H54N4. The topological polar surface area (TPSA) is 39.7 Å². The van der Waals surface area contributed by atoms with Gasteiger partial charge in [0.15, 0.2) is 0 Å². The summed E-state index contributed by atoms with van der Waals surface area (Å²) in [6.07, 6.45) is 12.4. The van der Waals surface area contributed by atoms with E-state index in [1.54, 1.807) is 6.08 Å². The van der Waals surface area contributed by atoms with E-state index in [0.717, 1.165) is 42.3 Å².